The van der Waals surface area contributed by atoms with E-state index >= 15 is 0 Å². The van der Waals surface area contributed by atoms with E-state index in [-0.39, 0.29) is 24.7 Å². The topological polar surface area (TPSA) is 64.3 Å². The van der Waals surface area contributed by atoms with Crippen molar-refractivity contribution >= 4 is 17.3 Å². The van der Waals surface area contributed by atoms with Crippen molar-refractivity contribution in [1.82, 2.24) is 0 Å². The maximum Gasteiger partial charge on any atom is 0.227 e. The molecule has 110 valence electrons. The van der Waals surface area contributed by atoms with Gasteiger partial charge in [0.2, 0.25) is 11.7 Å². The quantitative estimate of drug-likeness (QED) is 0.833. The molecular formula is C15H14F2N2O2. The molecule has 0 bridgehead atoms. The molecule has 0 radical (unpaired) electrons. The van der Waals surface area contributed by atoms with Crippen LogP contribution < -0.4 is 15.8 Å². The molecule has 2 aromatic rings. The molecule has 2 aromatic carbocycles. The molecular weight excluding hydrogens is 278 g/mol. The van der Waals surface area contributed by atoms with Gasteiger partial charge in [0.25, 0.3) is 0 Å². The minimum Gasteiger partial charge on any atom is -0.490 e. The maximum absolute atomic E-state index is 13.3. The largest absolute Gasteiger partial charge is 0.490 e. The average molecular weight is 292 g/mol. The lowest BCUT2D eigenvalue weighted by atomic mass is 10.2. The number of benzene rings is 2. The van der Waals surface area contributed by atoms with Crippen molar-refractivity contribution in [2.24, 2.45) is 0 Å². The second-order valence-electron chi connectivity index (χ2n) is 4.29. The first-order valence-corrected chi connectivity index (χ1v) is 6.29. The molecule has 0 atom stereocenters. The summed E-state index contributed by atoms with van der Waals surface area (Å²) in [4.78, 5) is 11.7. The van der Waals surface area contributed by atoms with Crippen LogP contribution >= 0.6 is 0 Å². The summed E-state index contributed by atoms with van der Waals surface area (Å²) < 4.78 is 31.3. The lowest BCUT2D eigenvalue weighted by Gasteiger charge is -2.09. The van der Waals surface area contributed by atoms with E-state index in [0.717, 1.165) is 6.07 Å². The lowest BCUT2D eigenvalue weighted by molar-refractivity contribution is -0.116. The molecule has 0 aliphatic heterocycles. The first-order valence-electron chi connectivity index (χ1n) is 6.29. The zero-order chi connectivity index (χ0) is 15.2. The number of carbonyl (C=O) groups is 1. The highest BCUT2D eigenvalue weighted by Gasteiger charge is 2.10. The minimum atomic E-state index is -1.06. The fraction of sp³-hybridized carbons (Fsp3) is 0.133. The van der Waals surface area contributed by atoms with Crippen LogP contribution in [-0.2, 0) is 4.79 Å². The van der Waals surface area contributed by atoms with E-state index in [0.29, 0.717) is 11.4 Å². The van der Waals surface area contributed by atoms with Gasteiger partial charge in [0.05, 0.1) is 24.4 Å². The number of nitrogens with one attached hydrogen (secondary N) is 1. The van der Waals surface area contributed by atoms with Gasteiger partial charge in [0.1, 0.15) is 0 Å². The first kappa shape index (κ1) is 14.8. The summed E-state index contributed by atoms with van der Waals surface area (Å²) in [5.41, 5.74) is 6.63. The smallest absolute Gasteiger partial charge is 0.227 e. The standard InChI is InChI=1S/C15H14F2N2O2/c16-10-4-3-7-13(15(10)17)21-9-8-14(20)19-12-6-2-1-5-11(12)18/h1-7H,8-9,18H2,(H,19,20). The summed E-state index contributed by atoms with van der Waals surface area (Å²) in [5.74, 6) is -2.61. The number of nitrogens with two attached hydrogens (primary N) is 1. The van der Waals surface area contributed by atoms with Gasteiger partial charge >= 0.3 is 0 Å². The highest BCUT2D eigenvalue weighted by atomic mass is 19.2. The molecule has 0 saturated carbocycles. The molecule has 0 aliphatic carbocycles. The Morgan fingerprint density at radius 1 is 1.14 bits per heavy atom. The summed E-state index contributed by atoms with van der Waals surface area (Å²) in [5, 5.41) is 2.61. The monoisotopic (exact) mass is 292 g/mol. The van der Waals surface area contributed by atoms with Gasteiger partial charge in [0, 0.05) is 0 Å². The van der Waals surface area contributed by atoms with E-state index in [1.54, 1.807) is 24.3 Å². The number of rotatable bonds is 5. The molecule has 0 fully saturated rings. The highest BCUT2D eigenvalue weighted by Crippen LogP contribution is 2.20. The summed E-state index contributed by atoms with van der Waals surface area (Å²) >= 11 is 0. The molecule has 21 heavy (non-hydrogen) atoms. The Bertz CT molecular complexity index is 647. The first-order chi connectivity index (χ1) is 10.1. The zero-order valence-corrected chi connectivity index (χ0v) is 11.1. The predicted octanol–water partition coefficient (Wildman–Crippen LogP) is 2.95. The fourth-order valence-electron chi connectivity index (χ4n) is 1.67. The van der Waals surface area contributed by atoms with Crippen molar-refractivity contribution in [3.63, 3.8) is 0 Å². The predicted molar refractivity (Wildman–Crippen MR) is 76.0 cm³/mol. The Labute approximate surface area is 120 Å². The van der Waals surface area contributed by atoms with Crippen LogP contribution in [-0.4, -0.2) is 12.5 Å². The average Bonchev–Trinajstić information content (AvgIpc) is 2.46. The lowest BCUT2D eigenvalue weighted by Crippen LogP contribution is -2.16. The van der Waals surface area contributed by atoms with Crippen molar-refractivity contribution in [2.75, 3.05) is 17.7 Å². The van der Waals surface area contributed by atoms with Gasteiger partial charge in [-0.1, -0.05) is 18.2 Å². The molecule has 4 nitrogen and oxygen atoms in total. The SMILES string of the molecule is Nc1ccccc1NC(=O)CCOc1cccc(F)c1F. The number of halogens is 2. The fourth-order valence-corrected chi connectivity index (χ4v) is 1.67. The van der Waals surface area contributed by atoms with E-state index < -0.39 is 11.6 Å². The molecule has 0 unspecified atom stereocenters. The molecule has 0 aliphatic rings. The third-order valence-electron chi connectivity index (χ3n) is 2.74. The minimum absolute atomic E-state index is 0.00964. The van der Waals surface area contributed by atoms with Crippen LogP contribution in [0, 0.1) is 11.6 Å². The Hall–Kier alpha value is -2.63. The van der Waals surface area contributed by atoms with Crippen molar-refractivity contribution in [2.45, 2.75) is 6.42 Å². The molecule has 0 spiro atoms. The second kappa shape index (κ2) is 6.69. The van der Waals surface area contributed by atoms with Gasteiger partial charge in [-0.05, 0) is 24.3 Å². The Morgan fingerprint density at radius 2 is 1.90 bits per heavy atom. The van der Waals surface area contributed by atoms with E-state index in [1.165, 1.54) is 12.1 Å². The number of hydrogen-bond donors (Lipinski definition) is 2. The van der Waals surface area contributed by atoms with E-state index in [2.05, 4.69) is 5.32 Å². The van der Waals surface area contributed by atoms with E-state index in [9.17, 15) is 13.6 Å². The normalized spacial score (nSPS) is 10.2. The molecule has 0 heterocycles. The van der Waals surface area contributed by atoms with Gasteiger partial charge in [-0.25, -0.2) is 4.39 Å². The van der Waals surface area contributed by atoms with E-state index in [1.807, 2.05) is 0 Å². The highest BCUT2D eigenvalue weighted by molar-refractivity contribution is 5.93. The van der Waals surface area contributed by atoms with Crippen molar-refractivity contribution < 1.29 is 18.3 Å². The number of amides is 1. The number of hydrogen-bond acceptors (Lipinski definition) is 3. The van der Waals surface area contributed by atoms with Gasteiger partial charge in [-0.2, -0.15) is 4.39 Å². The molecule has 0 saturated heterocycles. The molecule has 0 aromatic heterocycles. The molecule has 2 rings (SSSR count). The van der Waals surface area contributed by atoms with Crippen molar-refractivity contribution in [3.8, 4) is 5.75 Å². The molecule has 3 N–H and O–H groups in total. The second-order valence-corrected chi connectivity index (χ2v) is 4.29. The third-order valence-corrected chi connectivity index (χ3v) is 2.74. The summed E-state index contributed by atoms with van der Waals surface area (Å²) in [6, 6.07) is 10.4. The van der Waals surface area contributed by atoms with Crippen LogP contribution in [0.4, 0.5) is 20.2 Å². The third kappa shape index (κ3) is 3.92. The Morgan fingerprint density at radius 3 is 2.67 bits per heavy atom. The van der Waals surface area contributed by atoms with Crippen LogP contribution in [0.25, 0.3) is 0 Å². The van der Waals surface area contributed by atoms with Crippen LogP contribution in [0.2, 0.25) is 0 Å². The zero-order valence-electron chi connectivity index (χ0n) is 11.1. The van der Waals surface area contributed by atoms with E-state index in [4.69, 9.17) is 10.5 Å². The van der Waals surface area contributed by atoms with Crippen LogP contribution in [0.15, 0.2) is 42.5 Å². The Kier molecular flexibility index (Phi) is 4.71. The van der Waals surface area contributed by atoms with Crippen molar-refractivity contribution in [1.29, 1.82) is 0 Å². The molecule has 1 amide bonds. The summed E-state index contributed by atoms with van der Waals surface area (Å²) in [6.45, 7) is -0.0705. The maximum atomic E-state index is 13.3. The number of ether oxygens (including phenoxy) is 1. The number of para-hydroxylation sites is 2. The summed E-state index contributed by atoms with van der Waals surface area (Å²) in [6.07, 6.45) is -0.00964. The van der Waals surface area contributed by atoms with Gasteiger partial charge < -0.3 is 15.8 Å². The van der Waals surface area contributed by atoms with Crippen LogP contribution in [0.5, 0.6) is 5.75 Å². The van der Waals surface area contributed by atoms with Crippen LogP contribution in [0.1, 0.15) is 6.42 Å². The molecule has 6 heteroatoms. The van der Waals surface area contributed by atoms with Crippen molar-refractivity contribution in [3.05, 3.63) is 54.1 Å². The number of nitrogen functional groups attached to an aromatic ring is 1. The number of anilines is 2. The Balaban J connectivity index is 1.85. The van der Waals surface area contributed by atoms with Crippen LogP contribution in [0.3, 0.4) is 0 Å². The van der Waals surface area contributed by atoms with Gasteiger partial charge in [-0.15, -0.1) is 0 Å². The van der Waals surface area contributed by atoms with Gasteiger partial charge in [-0.3, -0.25) is 4.79 Å². The van der Waals surface area contributed by atoms with Gasteiger partial charge in [0.15, 0.2) is 11.6 Å². The summed E-state index contributed by atoms with van der Waals surface area (Å²) in [7, 11) is 0. The number of carbonyl (C=O) groups excluding carboxylic acids is 1.